The topological polar surface area (TPSA) is 81.2 Å². The molecule has 0 aliphatic heterocycles. The fraction of sp³-hybridized carbons (Fsp3) is 0.571. The van der Waals surface area contributed by atoms with E-state index in [0.717, 1.165) is 18.5 Å². The van der Waals surface area contributed by atoms with Crippen molar-refractivity contribution in [1.29, 1.82) is 0 Å². The standard InChI is InChI=1S/C14H21N3O2/c1-14(2)7-5-10(6-8-14)16-13-4-3-11(17(18)19)9-12(13)15/h3-4,9-10,16H,5-8,15H2,1-2H3. The quantitative estimate of drug-likeness (QED) is 0.496. The lowest BCUT2D eigenvalue weighted by molar-refractivity contribution is -0.384. The summed E-state index contributed by atoms with van der Waals surface area (Å²) in [6.45, 7) is 4.59. The first-order valence-corrected chi connectivity index (χ1v) is 6.68. The third-order valence-corrected chi connectivity index (χ3v) is 3.94. The van der Waals surface area contributed by atoms with Gasteiger partial charge in [0, 0.05) is 18.2 Å². The molecule has 0 heterocycles. The van der Waals surface area contributed by atoms with Gasteiger partial charge in [-0.15, -0.1) is 0 Å². The molecule has 0 atom stereocenters. The second-order valence-corrected chi connectivity index (χ2v) is 6.11. The van der Waals surface area contributed by atoms with Crippen LogP contribution in [0.25, 0.3) is 0 Å². The van der Waals surface area contributed by atoms with Gasteiger partial charge in [-0.3, -0.25) is 10.1 Å². The smallest absolute Gasteiger partial charge is 0.271 e. The van der Waals surface area contributed by atoms with E-state index in [0.29, 0.717) is 17.1 Å². The van der Waals surface area contributed by atoms with Crippen molar-refractivity contribution in [1.82, 2.24) is 0 Å². The van der Waals surface area contributed by atoms with Gasteiger partial charge >= 0.3 is 0 Å². The summed E-state index contributed by atoms with van der Waals surface area (Å²) in [7, 11) is 0. The van der Waals surface area contributed by atoms with Crippen molar-refractivity contribution in [2.24, 2.45) is 5.41 Å². The molecule has 1 aromatic carbocycles. The van der Waals surface area contributed by atoms with Gasteiger partial charge in [0.25, 0.3) is 5.69 Å². The Hall–Kier alpha value is -1.78. The molecular weight excluding hydrogens is 242 g/mol. The van der Waals surface area contributed by atoms with E-state index in [1.165, 1.54) is 25.0 Å². The molecule has 0 aromatic heterocycles. The average Bonchev–Trinajstić information content (AvgIpc) is 2.34. The second kappa shape index (κ2) is 5.07. The highest BCUT2D eigenvalue weighted by atomic mass is 16.6. The first-order valence-electron chi connectivity index (χ1n) is 6.68. The highest BCUT2D eigenvalue weighted by molar-refractivity contribution is 5.69. The summed E-state index contributed by atoms with van der Waals surface area (Å²) < 4.78 is 0. The van der Waals surface area contributed by atoms with Gasteiger partial charge in [-0.05, 0) is 37.2 Å². The van der Waals surface area contributed by atoms with Crippen molar-refractivity contribution in [2.45, 2.75) is 45.6 Å². The average molecular weight is 263 g/mol. The van der Waals surface area contributed by atoms with Crippen LogP contribution in [0.1, 0.15) is 39.5 Å². The van der Waals surface area contributed by atoms with Crippen molar-refractivity contribution >= 4 is 17.1 Å². The molecule has 19 heavy (non-hydrogen) atoms. The number of nitrogen functional groups attached to an aromatic ring is 1. The van der Waals surface area contributed by atoms with Gasteiger partial charge < -0.3 is 11.1 Å². The number of nitrogens with two attached hydrogens (primary N) is 1. The lowest BCUT2D eigenvalue weighted by atomic mass is 9.75. The second-order valence-electron chi connectivity index (χ2n) is 6.11. The SMILES string of the molecule is CC1(C)CCC(Nc2ccc([N+](=O)[O-])cc2N)CC1. The van der Waals surface area contributed by atoms with Gasteiger partial charge in [-0.2, -0.15) is 0 Å². The maximum atomic E-state index is 10.7. The number of benzene rings is 1. The minimum atomic E-state index is -0.427. The van der Waals surface area contributed by atoms with Crippen LogP contribution in [-0.4, -0.2) is 11.0 Å². The Labute approximate surface area is 113 Å². The minimum Gasteiger partial charge on any atom is -0.397 e. The van der Waals surface area contributed by atoms with E-state index in [9.17, 15) is 10.1 Å². The molecule has 0 bridgehead atoms. The van der Waals surface area contributed by atoms with E-state index < -0.39 is 4.92 Å². The minimum absolute atomic E-state index is 0.0350. The molecule has 5 nitrogen and oxygen atoms in total. The molecule has 0 radical (unpaired) electrons. The predicted octanol–water partition coefficient (Wildman–Crippen LogP) is 3.56. The number of non-ortho nitro benzene ring substituents is 1. The van der Waals surface area contributed by atoms with Crippen LogP contribution in [0.3, 0.4) is 0 Å². The fourth-order valence-electron chi connectivity index (χ4n) is 2.56. The predicted molar refractivity (Wildman–Crippen MR) is 77.2 cm³/mol. The highest BCUT2D eigenvalue weighted by Gasteiger charge is 2.26. The molecule has 1 fully saturated rings. The van der Waals surface area contributed by atoms with Gasteiger partial charge in [0.2, 0.25) is 0 Å². The number of rotatable bonds is 3. The van der Waals surface area contributed by atoms with Gasteiger partial charge in [-0.1, -0.05) is 13.8 Å². The van der Waals surface area contributed by atoms with Crippen LogP contribution >= 0.6 is 0 Å². The molecule has 2 rings (SSSR count). The molecule has 0 unspecified atom stereocenters. The van der Waals surface area contributed by atoms with Crippen molar-refractivity contribution in [3.8, 4) is 0 Å². The Morgan fingerprint density at radius 1 is 1.37 bits per heavy atom. The molecule has 1 aliphatic rings. The summed E-state index contributed by atoms with van der Waals surface area (Å²) in [4.78, 5) is 10.2. The third-order valence-electron chi connectivity index (χ3n) is 3.94. The molecule has 1 aromatic rings. The van der Waals surface area contributed by atoms with Crippen molar-refractivity contribution in [2.75, 3.05) is 11.1 Å². The van der Waals surface area contributed by atoms with Crippen molar-refractivity contribution < 1.29 is 4.92 Å². The molecule has 3 N–H and O–H groups in total. The summed E-state index contributed by atoms with van der Waals surface area (Å²) >= 11 is 0. The number of nitro groups is 1. The van der Waals surface area contributed by atoms with Gasteiger partial charge in [0.1, 0.15) is 0 Å². The van der Waals surface area contributed by atoms with Crippen LogP contribution in [0.15, 0.2) is 18.2 Å². The number of hydrogen-bond acceptors (Lipinski definition) is 4. The normalized spacial score (nSPS) is 19.1. The van der Waals surface area contributed by atoms with E-state index >= 15 is 0 Å². The van der Waals surface area contributed by atoms with Crippen molar-refractivity contribution in [3.05, 3.63) is 28.3 Å². The molecule has 0 saturated heterocycles. The van der Waals surface area contributed by atoms with E-state index in [-0.39, 0.29) is 5.69 Å². The zero-order chi connectivity index (χ0) is 14.0. The van der Waals surface area contributed by atoms with E-state index in [1.54, 1.807) is 6.07 Å². The first kappa shape index (κ1) is 13.6. The summed E-state index contributed by atoms with van der Waals surface area (Å²) in [6, 6.07) is 5.02. The summed E-state index contributed by atoms with van der Waals surface area (Å²) in [5, 5.41) is 14.1. The number of anilines is 2. The molecular formula is C14H21N3O2. The van der Waals surface area contributed by atoms with Crippen LogP contribution in [0, 0.1) is 15.5 Å². The van der Waals surface area contributed by atoms with Gasteiger partial charge in [-0.25, -0.2) is 0 Å². The first-order chi connectivity index (χ1) is 8.87. The Bertz CT molecular complexity index is 476. The zero-order valence-electron chi connectivity index (χ0n) is 11.5. The molecule has 1 aliphatic carbocycles. The third kappa shape index (κ3) is 3.36. The number of nitrogens with zero attached hydrogens (tertiary/aromatic N) is 1. The molecule has 5 heteroatoms. The van der Waals surface area contributed by atoms with Crippen LogP contribution in [0.2, 0.25) is 0 Å². The Kier molecular flexibility index (Phi) is 3.64. The Morgan fingerprint density at radius 3 is 2.53 bits per heavy atom. The largest absolute Gasteiger partial charge is 0.397 e. The summed E-state index contributed by atoms with van der Waals surface area (Å²) in [6.07, 6.45) is 4.61. The fourth-order valence-corrected chi connectivity index (χ4v) is 2.56. The van der Waals surface area contributed by atoms with Gasteiger partial charge in [0.05, 0.1) is 16.3 Å². The molecule has 0 amide bonds. The maximum Gasteiger partial charge on any atom is 0.271 e. The van der Waals surface area contributed by atoms with Crippen LogP contribution in [-0.2, 0) is 0 Å². The van der Waals surface area contributed by atoms with E-state index in [2.05, 4.69) is 19.2 Å². The number of hydrogen-bond donors (Lipinski definition) is 2. The van der Waals surface area contributed by atoms with Crippen molar-refractivity contribution in [3.63, 3.8) is 0 Å². The highest BCUT2D eigenvalue weighted by Crippen LogP contribution is 2.36. The number of nitro benzene ring substituents is 1. The van der Waals surface area contributed by atoms with Crippen LogP contribution in [0.5, 0.6) is 0 Å². The maximum absolute atomic E-state index is 10.7. The number of nitrogens with one attached hydrogen (secondary N) is 1. The van der Waals surface area contributed by atoms with E-state index in [4.69, 9.17) is 5.73 Å². The molecule has 0 spiro atoms. The monoisotopic (exact) mass is 263 g/mol. The van der Waals surface area contributed by atoms with Crippen LogP contribution < -0.4 is 11.1 Å². The summed E-state index contributed by atoms with van der Waals surface area (Å²) in [5.41, 5.74) is 7.57. The Morgan fingerprint density at radius 2 is 2.00 bits per heavy atom. The van der Waals surface area contributed by atoms with E-state index in [1.807, 2.05) is 0 Å². The Balaban J connectivity index is 2.02. The molecule has 1 saturated carbocycles. The lowest BCUT2D eigenvalue weighted by Gasteiger charge is -2.35. The zero-order valence-corrected chi connectivity index (χ0v) is 11.5. The van der Waals surface area contributed by atoms with Crippen LogP contribution in [0.4, 0.5) is 17.1 Å². The molecule has 104 valence electrons. The lowest BCUT2D eigenvalue weighted by Crippen LogP contribution is -2.30. The summed E-state index contributed by atoms with van der Waals surface area (Å²) in [5.74, 6) is 0. The van der Waals surface area contributed by atoms with Gasteiger partial charge in [0.15, 0.2) is 0 Å².